The molecule has 0 fully saturated rings. The molecule has 1 N–H and O–H groups in total. The molecule has 1 aromatic carbocycles. The number of benzene rings is 1. The van der Waals surface area contributed by atoms with E-state index in [1.807, 2.05) is 17.5 Å². The van der Waals surface area contributed by atoms with Crippen LogP contribution in [0.3, 0.4) is 0 Å². The molecule has 8 heteroatoms. The third kappa shape index (κ3) is 4.18. The van der Waals surface area contributed by atoms with Gasteiger partial charge in [0.2, 0.25) is 10.0 Å². The van der Waals surface area contributed by atoms with E-state index in [0.717, 1.165) is 16.3 Å². The van der Waals surface area contributed by atoms with Gasteiger partial charge in [-0.25, -0.2) is 18.1 Å². The van der Waals surface area contributed by atoms with Gasteiger partial charge in [0, 0.05) is 41.3 Å². The molecule has 0 saturated carbocycles. The normalized spacial score (nSPS) is 11.5. The first-order valence-electron chi connectivity index (χ1n) is 7.15. The Morgan fingerprint density at radius 1 is 1.17 bits per heavy atom. The molecule has 3 rings (SSSR count). The highest BCUT2D eigenvalue weighted by Crippen LogP contribution is 2.21. The number of pyridine rings is 1. The summed E-state index contributed by atoms with van der Waals surface area (Å²) in [6.45, 7) is 0.283. The first-order valence-corrected chi connectivity index (χ1v) is 9.89. The van der Waals surface area contributed by atoms with Crippen LogP contribution in [0.25, 0.3) is 11.3 Å². The van der Waals surface area contributed by atoms with Crippen molar-refractivity contribution in [2.45, 2.75) is 11.3 Å². The van der Waals surface area contributed by atoms with Gasteiger partial charge in [-0.3, -0.25) is 4.98 Å². The number of rotatable bonds is 6. The van der Waals surface area contributed by atoms with E-state index in [2.05, 4.69) is 14.7 Å². The predicted molar refractivity (Wildman–Crippen MR) is 95.7 cm³/mol. The fraction of sp³-hybridized carbons (Fsp3) is 0.125. The van der Waals surface area contributed by atoms with E-state index in [9.17, 15) is 8.42 Å². The summed E-state index contributed by atoms with van der Waals surface area (Å²) in [7, 11) is -3.53. The Balaban J connectivity index is 1.60. The number of halogens is 1. The maximum atomic E-state index is 12.2. The van der Waals surface area contributed by atoms with Crippen molar-refractivity contribution in [2.24, 2.45) is 0 Å². The molecule has 0 unspecified atom stereocenters. The molecule has 0 saturated heterocycles. The Hall–Kier alpha value is -1.80. The zero-order chi connectivity index (χ0) is 17.0. The summed E-state index contributed by atoms with van der Waals surface area (Å²) in [5, 5.41) is 3.31. The van der Waals surface area contributed by atoms with Gasteiger partial charge in [-0.15, -0.1) is 11.3 Å². The molecular formula is C16H14ClN3O2S2. The maximum Gasteiger partial charge on any atom is 0.240 e. The van der Waals surface area contributed by atoms with Crippen molar-refractivity contribution in [1.82, 2.24) is 14.7 Å². The zero-order valence-electron chi connectivity index (χ0n) is 12.5. The molecule has 0 aliphatic carbocycles. The van der Waals surface area contributed by atoms with Crippen LogP contribution >= 0.6 is 22.9 Å². The summed E-state index contributed by atoms with van der Waals surface area (Å²) in [6, 6.07) is 9.86. The second-order valence-electron chi connectivity index (χ2n) is 4.97. The third-order valence-electron chi connectivity index (χ3n) is 3.26. The molecule has 124 valence electrons. The number of hydrogen-bond acceptors (Lipinski definition) is 5. The van der Waals surface area contributed by atoms with Gasteiger partial charge < -0.3 is 0 Å². The van der Waals surface area contributed by atoms with Crippen LogP contribution in [0.4, 0.5) is 0 Å². The molecule has 0 spiro atoms. The molecule has 5 nitrogen and oxygen atoms in total. The molecule has 2 heterocycles. The van der Waals surface area contributed by atoms with Gasteiger partial charge >= 0.3 is 0 Å². The van der Waals surface area contributed by atoms with Gasteiger partial charge in [0.05, 0.1) is 15.6 Å². The van der Waals surface area contributed by atoms with E-state index in [1.165, 1.54) is 23.5 Å². The predicted octanol–water partition coefficient (Wildman–Crippen LogP) is 3.38. The number of nitrogens with zero attached hydrogens (tertiary/aromatic N) is 2. The average molecular weight is 380 g/mol. The number of aromatic nitrogens is 2. The van der Waals surface area contributed by atoms with Crippen molar-refractivity contribution < 1.29 is 8.42 Å². The molecule has 0 amide bonds. The van der Waals surface area contributed by atoms with Gasteiger partial charge in [0.25, 0.3) is 0 Å². The van der Waals surface area contributed by atoms with Crippen molar-refractivity contribution in [2.75, 3.05) is 6.54 Å². The first-order chi connectivity index (χ1) is 11.5. The second-order valence-corrected chi connectivity index (χ2v) is 8.12. The summed E-state index contributed by atoms with van der Waals surface area (Å²) in [5.74, 6) is 0. The van der Waals surface area contributed by atoms with Crippen LogP contribution in [0, 0.1) is 0 Å². The van der Waals surface area contributed by atoms with Crippen LogP contribution < -0.4 is 4.72 Å². The molecule has 0 atom stereocenters. The Morgan fingerprint density at radius 2 is 1.96 bits per heavy atom. The highest BCUT2D eigenvalue weighted by molar-refractivity contribution is 7.89. The minimum absolute atomic E-state index is 0.196. The zero-order valence-corrected chi connectivity index (χ0v) is 14.9. The Morgan fingerprint density at radius 3 is 2.67 bits per heavy atom. The van der Waals surface area contributed by atoms with Gasteiger partial charge in [-0.05, 0) is 36.4 Å². The summed E-state index contributed by atoms with van der Waals surface area (Å²) in [5.41, 5.74) is 1.80. The topological polar surface area (TPSA) is 72.0 Å². The largest absolute Gasteiger partial charge is 0.264 e. The lowest BCUT2D eigenvalue weighted by atomic mass is 10.2. The van der Waals surface area contributed by atoms with E-state index in [-0.39, 0.29) is 11.4 Å². The van der Waals surface area contributed by atoms with E-state index in [4.69, 9.17) is 11.6 Å². The van der Waals surface area contributed by atoms with E-state index >= 15 is 0 Å². The lowest BCUT2D eigenvalue weighted by molar-refractivity contribution is 0.581. The van der Waals surface area contributed by atoms with E-state index in [1.54, 1.807) is 24.5 Å². The number of nitrogens with one attached hydrogen (secondary N) is 1. The lowest BCUT2D eigenvalue weighted by Gasteiger charge is -2.05. The third-order valence-corrected chi connectivity index (χ3v) is 5.90. The van der Waals surface area contributed by atoms with Crippen LogP contribution in [0.2, 0.25) is 5.02 Å². The smallest absolute Gasteiger partial charge is 0.240 e. The number of sulfonamides is 1. The Labute approximate surface area is 149 Å². The van der Waals surface area contributed by atoms with Crippen LogP contribution in [-0.2, 0) is 16.4 Å². The Kier molecular flexibility index (Phi) is 5.25. The highest BCUT2D eigenvalue weighted by atomic mass is 35.5. The number of hydrogen-bond donors (Lipinski definition) is 1. The molecule has 0 bridgehead atoms. The fourth-order valence-electron chi connectivity index (χ4n) is 2.06. The average Bonchev–Trinajstić information content (AvgIpc) is 3.05. The van der Waals surface area contributed by atoms with Crippen LogP contribution in [-0.4, -0.2) is 24.9 Å². The van der Waals surface area contributed by atoms with Crippen molar-refractivity contribution >= 4 is 33.0 Å². The highest BCUT2D eigenvalue weighted by Gasteiger charge is 2.13. The van der Waals surface area contributed by atoms with Crippen molar-refractivity contribution in [3.8, 4) is 11.3 Å². The molecule has 24 heavy (non-hydrogen) atoms. The monoisotopic (exact) mass is 379 g/mol. The lowest BCUT2D eigenvalue weighted by Crippen LogP contribution is -2.25. The minimum Gasteiger partial charge on any atom is -0.264 e. The SMILES string of the molecule is O=S(=O)(NCCc1nc(-c2cccnc2)cs1)c1ccc(Cl)cc1. The second kappa shape index (κ2) is 7.40. The molecule has 2 aromatic heterocycles. The maximum absolute atomic E-state index is 12.2. The quantitative estimate of drug-likeness (QED) is 0.712. The van der Waals surface area contributed by atoms with Crippen LogP contribution in [0.5, 0.6) is 0 Å². The van der Waals surface area contributed by atoms with Gasteiger partial charge in [0.1, 0.15) is 0 Å². The minimum atomic E-state index is -3.53. The summed E-state index contributed by atoms with van der Waals surface area (Å²) in [4.78, 5) is 8.78. The number of thiazole rings is 1. The standard InChI is InChI=1S/C16H14ClN3O2S2/c17-13-3-5-14(6-4-13)24(21,22)19-9-7-16-20-15(11-23-16)12-2-1-8-18-10-12/h1-6,8,10-11,19H,7,9H2. The molecular weight excluding hydrogens is 366 g/mol. The van der Waals surface area contributed by atoms with Crippen molar-refractivity contribution in [3.63, 3.8) is 0 Å². The molecule has 3 aromatic rings. The van der Waals surface area contributed by atoms with Gasteiger partial charge in [-0.1, -0.05) is 11.6 Å². The Bertz CT molecular complexity index is 910. The van der Waals surface area contributed by atoms with Crippen molar-refractivity contribution in [1.29, 1.82) is 0 Å². The summed E-state index contributed by atoms with van der Waals surface area (Å²) < 4.78 is 26.9. The molecule has 0 aliphatic rings. The summed E-state index contributed by atoms with van der Waals surface area (Å²) in [6.07, 6.45) is 3.99. The molecule has 0 aliphatic heterocycles. The summed E-state index contributed by atoms with van der Waals surface area (Å²) >= 11 is 7.27. The van der Waals surface area contributed by atoms with Crippen LogP contribution in [0.15, 0.2) is 59.1 Å². The van der Waals surface area contributed by atoms with Gasteiger partial charge in [0.15, 0.2) is 0 Å². The fourth-order valence-corrected chi connectivity index (χ4v) is 4.03. The van der Waals surface area contributed by atoms with E-state index in [0.29, 0.717) is 11.4 Å². The molecule has 0 radical (unpaired) electrons. The van der Waals surface area contributed by atoms with E-state index < -0.39 is 10.0 Å². The van der Waals surface area contributed by atoms with Crippen LogP contribution in [0.1, 0.15) is 5.01 Å². The van der Waals surface area contributed by atoms with Gasteiger partial charge in [-0.2, -0.15) is 0 Å². The first kappa shape index (κ1) is 17.0. The van der Waals surface area contributed by atoms with Crippen molar-refractivity contribution in [3.05, 3.63) is 64.2 Å².